The van der Waals surface area contributed by atoms with Gasteiger partial charge in [-0.2, -0.15) is 0 Å². The van der Waals surface area contributed by atoms with Crippen LogP contribution in [0.25, 0.3) is 0 Å². The highest BCUT2D eigenvalue weighted by Crippen LogP contribution is 2.17. The van der Waals surface area contributed by atoms with Crippen LogP contribution in [0.15, 0.2) is 48.5 Å². The van der Waals surface area contributed by atoms with Gasteiger partial charge in [0.05, 0.1) is 0 Å². The fourth-order valence-corrected chi connectivity index (χ4v) is 2.99. The minimum absolute atomic E-state index is 0.139. The molecule has 7 nitrogen and oxygen atoms in total. The summed E-state index contributed by atoms with van der Waals surface area (Å²) in [7, 11) is 0. The molecule has 29 heavy (non-hydrogen) atoms. The third-order valence-electron chi connectivity index (χ3n) is 4.55. The first kappa shape index (κ1) is 20.5. The van der Waals surface area contributed by atoms with Gasteiger partial charge in [-0.05, 0) is 61.7 Å². The van der Waals surface area contributed by atoms with Crippen LogP contribution in [-0.2, 0) is 9.53 Å². The maximum atomic E-state index is 12.5. The SMILES string of the molecule is CCCNC(=O)c1ccc(NC(=O)c2cccc(NC(=O)C3CCCO3)c2)cc1. The molecule has 152 valence electrons. The fourth-order valence-electron chi connectivity index (χ4n) is 2.99. The Hall–Kier alpha value is -3.19. The van der Waals surface area contributed by atoms with Gasteiger partial charge in [-0.1, -0.05) is 13.0 Å². The average Bonchev–Trinajstić information content (AvgIpc) is 3.28. The number of carbonyl (C=O) groups is 3. The van der Waals surface area contributed by atoms with E-state index in [4.69, 9.17) is 4.74 Å². The summed E-state index contributed by atoms with van der Waals surface area (Å²) in [5.41, 5.74) is 2.08. The molecule has 3 amide bonds. The molecular formula is C22H25N3O4. The molecule has 2 aromatic carbocycles. The number of amides is 3. The summed E-state index contributed by atoms with van der Waals surface area (Å²) in [5, 5.41) is 8.39. The maximum absolute atomic E-state index is 12.5. The summed E-state index contributed by atoms with van der Waals surface area (Å²) in [6.07, 6.45) is 2.02. The molecule has 1 fully saturated rings. The lowest BCUT2D eigenvalue weighted by Gasteiger charge is -2.12. The van der Waals surface area contributed by atoms with Crippen LogP contribution in [0.1, 0.15) is 46.9 Å². The monoisotopic (exact) mass is 395 g/mol. The number of benzene rings is 2. The molecule has 0 radical (unpaired) electrons. The Balaban J connectivity index is 1.60. The van der Waals surface area contributed by atoms with Gasteiger partial charge < -0.3 is 20.7 Å². The van der Waals surface area contributed by atoms with Crippen LogP contribution in [0, 0.1) is 0 Å². The van der Waals surface area contributed by atoms with Crippen molar-refractivity contribution in [2.75, 3.05) is 23.8 Å². The van der Waals surface area contributed by atoms with Crippen molar-refractivity contribution >= 4 is 29.1 Å². The molecule has 0 aliphatic carbocycles. The lowest BCUT2D eigenvalue weighted by molar-refractivity contribution is -0.124. The van der Waals surface area contributed by atoms with Crippen LogP contribution in [0.3, 0.4) is 0 Å². The highest BCUT2D eigenvalue weighted by molar-refractivity contribution is 6.05. The zero-order valence-corrected chi connectivity index (χ0v) is 16.4. The minimum Gasteiger partial charge on any atom is -0.368 e. The molecule has 0 saturated carbocycles. The van der Waals surface area contributed by atoms with E-state index in [0.29, 0.717) is 42.1 Å². The van der Waals surface area contributed by atoms with Crippen LogP contribution >= 0.6 is 0 Å². The third kappa shape index (κ3) is 5.65. The Morgan fingerprint density at radius 3 is 2.45 bits per heavy atom. The number of rotatable bonds is 7. The average molecular weight is 395 g/mol. The molecular weight excluding hydrogens is 370 g/mol. The van der Waals surface area contributed by atoms with Crippen LogP contribution in [0.5, 0.6) is 0 Å². The summed E-state index contributed by atoms with van der Waals surface area (Å²) in [4.78, 5) is 36.6. The van der Waals surface area contributed by atoms with Crippen molar-refractivity contribution in [2.24, 2.45) is 0 Å². The smallest absolute Gasteiger partial charge is 0.255 e. The summed E-state index contributed by atoms with van der Waals surface area (Å²) >= 11 is 0. The first-order valence-corrected chi connectivity index (χ1v) is 9.79. The van der Waals surface area contributed by atoms with E-state index in [9.17, 15) is 14.4 Å². The zero-order chi connectivity index (χ0) is 20.6. The quantitative estimate of drug-likeness (QED) is 0.671. The highest BCUT2D eigenvalue weighted by Gasteiger charge is 2.23. The van der Waals surface area contributed by atoms with E-state index in [2.05, 4.69) is 16.0 Å². The molecule has 2 aromatic rings. The maximum Gasteiger partial charge on any atom is 0.255 e. The van der Waals surface area contributed by atoms with Crippen LogP contribution in [-0.4, -0.2) is 37.0 Å². The Labute approximate surface area is 169 Å². The predicted octanol–water partition coefficient (Wildman–Crippen LogP) is 3.20. The number of anilines is 2. The molecule has 0 bridgehead atoms. The van der Waals surface area contributed by atoms with Gasteiger partial charge in [-0.3, -0.25) is 14.4 Å². The van der Waals surface area contributed by atoms with Gasteiger partial charge in [0.1, 0.15) is 6.10 Å². The molecule has 1 atom stereocenters. The second kappa shape index (κ2) is 9.84. The van der Waals surface area contributed by atoms with Gasteiger partial charge in [0.25, 0.3) is 17.7 Å². The van der Waals surface area contributed by atoms with Gasteiger partial charge in [-0.25, -0.2) is 0 Å². The molecule has 1 aliphatic heterocycles. The van der Waals surface area contributed by atoms with E-state index in [-0.39, 0.29) is 17.7 Å². The second-order valence-electron chi connectivity index (χ2n) is 6.86. The second-order valence-corrected chi connectivity index (χ2v) is 6.86. The van der Waals surface area contributed by atoms with Crippen LogP contribution in [0.2, 0.25) is 0 Å². The van der Waals surface area contributed by atoms with Crippen molar-refractivity contribution in [1.82, 2.24) is 5.32 Å². The van der Waals surface area contributed by atoms with Crippen molar-refractivity contribution < 1.29 is 19.1 Å². The zero-order valence-electron chi connectivity index (χ0n) is 16.4. The topological polar surface area (TPSA) is 96.5 Å². The van der Waals surface area contributed by atoms with Crippen LogP contribution in [0.4, 0.5) is 11.4 Å². The van der Waals surface area contributed by atoms with Gasteiger partial charge in [0.15, 0.2) is 0 Å². The van der Waals surface area contributed by atoms with Crippen molar-refractivity contribution in [3.05, 3.63) is 59.7 Å². The molecule has 1 heterocycles. The molecule has 7 heteroatoms. The van der Waals surface area contributed by atoms with Crippen molar-refractivity contribution in [3.63, 3.8) is 0 Å². The lowest BCUT2D eigenvalue weighted by Crippen LogP contribution is -2.27. The lowest BCUT2D eigenvalue weighted by atomic mass is 10.1. The normalized spacial score (nSPS) is 15.6. The first-order chi connectivity index (χ1) is 14.1. The first-order valence-electron chi connectivity index (χ1n) is 9.79. The van der Waals surface area contributed by atoms with E-state index < -0.39 is 6.10 Å². The largest absolute Gasteiger partial charge is 0.368 e. The van der Waals surface area contributed by atoms with E-state index in [1.165, 1.54) is 0 Å². The van der Waals surface area contributed by atoms with Gasteiger partial charge in [0, 0.05) is 35.7 Å². The van der Waals surface area contributed by atoms with Crippen LogP contribution < -0.4 is 16.0 Å². The van der Waals surface area contributed by atoms with E-state index in [1.54, 1.807) is 48.5 Å². The van der Waals surface area contributed by atoms with Gasteiger partial charge in [-0.15, -0.1) is 0 Å². The number of carbonyl (C=O) groups excluding carboxylic acids is 3. The minimum atomic E-state index is -0.430. The number of hydrogen-bond donors (Lipinski definition) is 3. The summed E-state index contributed by atoms with van der Waals surface area (Å²) in [6.45, 7) is 3.21. The number of hydrogen-bond acceptors (Lipinski definition) is 4. The van der Waals surface area contributed by atoms with Crippen molar-refractivity contribution in [1.29, 1.82) is 0 Å². The Morgan fingerprint density at radius 1 is 0.966 bits per heavy atom. The molecule has 0 aromatic heterocycles. The Morgan fingerprint density at radius 2 is 1.76 bits per heavy atom. The summed E-state index contributed by atoms with van der Waals surface area (Å²) in [6, 6.07) is 13.4. The number of ether oxygens (including phenoxy) is 1. The number of nitrogens with one attached hydrogen (secondary N) is 3. The molecule has 1 aliphatic rings. The molecule has 1 saturated heterocycles. The molecule has 3 rings (SSSR count). The van der Waals surface area contributed by atoms with E-state index >= 15 is 0 Å². The van der Waals surface area contributed by atoms with Crippen molar-refractivity contribution in [3.8, 4) is 0 Å². The third-order valence-corrected chi connectivity index (χ3v) is 4.55. The van der Waals surface area contributed by atoms with Gasteiger partial charge >= 0.3 is 0 Å². The van der Waals surface area contributed by atoms with Gasteiger partial charge in [0.2, 0.25) is 0 Å². The Bertz CT molecular complexity index is 874. The summed E-state index contributed by atoms with van der Waals surface area (Å²) < 4.78 is 5.37. The molecule has 1 unspecified atom stereocenters. The Kier molecular flexibility index (Phi) is 6.97. The standard InChI is InChI=1S/C22H25N3O4/c1-2-12-23-20(26)15-8-10-17(11-9-15)24-21(27)16-5-3-6-18(14-16)25-22(28)19-7-4-13-29-19/h3,5-6,8-11,14,19H,2,4,7,12-13H2,1H3,(H,23,26)(H,24,27)(H,25,28). The predicted molar refractivity (Wildman–Crippen MR) is 111 cm³/mol. The molecule has 0 spiro atoms. The fraction of sp³-hybridized carbons (Fsp3) is 0.318. The van der Waals surface area contributed by atoms with E-state index in [1.807, 2.05) is 6.92 Å². The molecule has 3 N–H and O–H groups in total. The van der Waals surface area contributed by atoms with Crippen molar-refractivity contribution in [2.45, 2.75) is 32.3 Å². The van der Waals surface area contributed by atoms with E-state index in [0.717, 1.165) is 12.8 Å². The highest BCUT2D eigenvalue weighted by atomic mass is 16.5. The summed E-state index contributed by atoms with van der Waals surface area (Å²) in [5.74, 6) is -0.641.